The van der Waals surface area contributed by atoms with Gasteiger partial charge in [0.2, 0.25) is 5.91 Å². The fraction of sp³-hybridized carbons (Fsp3) is 0.0800. The molecule has 0 spiro atoms. The Bertz CT molecular complexity index is 1160. The van der Waals surface area contributed by atoms with Crippen molar-refractivity contribution < 1.29 is 14.4 Å². The Morgan fingerprint density at radius 3 is 2.38 bits per heavy atom. The Balaban J connectivity index is 1.85. The van der Waals surface area contributed by atoms with Gasteiger partial charge in [0.15, 0.2) is 0 Å². The van der Waals surface area contributed by atoms with E-state index >= 15 is 0 Å². The minimum Gasteiger partial charge on any atom is -0.369 e. The van der Waals surface area contributed by atoms with Gasteiger partial charge in [0.25, 0.3) is 11.8 Å². The Morgan fingerprint density at radius 2 is 1.66 bits per heavy atom. The first-order valence-electron chi connectivity index (χ1n) is 9.88. The molecular formula is C25H23N3O3S. The number of nitrogens with two attached hydrogens (primary N) is 1. The summed E-state index contributed by atoms with van der Waals surface area (Å²) < 4.78 is 0. The van der Waals surface area contributed by atoms with E-state index < -0.39 is 11.8 Å². The minimum atomic E-state index is -0.463. The van der Waals surface area contributed by atoms with Gasteiger partial charge in [-0.15, -0.1) is 11.8 Å². The van der Waals surface area contributed by atoms with Crippen molar-refractivity contribution >= 4 is 41.2 Å². The van der Waals surface area contributed by atoms with Gasteiger partial charge in [-0.1, -0.05) is 48.5 Å². The van der Waals surface area contributed by atoms with Gasteiger partial charge >= 0.3 is 0 Å². The van der Waals surface area contributed by atoms with Gasteiger partial charge in [-0.2, -0.15) is 0 Å². The van der Waals surface area contributed by atoms with Crippen LogP contribution in [0.5, 0.6) is 0 Å². The summed E-state index contributed by atoms with van der Waals surface area (Å²) in [7, 11) is 0. The highest BCUT2D eigenvalue weighted by atomic mass is 32.2. The third-order valence-electron chi connectivity index (χ3n) is 4.49. The number of aryl methyl sites for hydroxylation is 1. The topological polar surface area (TPSA) is 101 Å². The molecule has 32 heavy (non-hydrogen) atoms. The van der Waals surface area contributed by atoms with Crippen molar-refractivity contribution in [3.05, 3.63) is 101 Å². The van der Waals surface area contributed by atoms with E-state index in [0.717, 1.165) is 16.0 Å². The lowest BCUT2D eigenvalue weighted by atomic mass is 10.1. The van der Waals surface area contributed by atoms with Crippen LogP contribution in [0.25, 0.3) is 6.08 Å². The molecule has 6 nitrogen and oxygen atoms in total. The fourth-order valence-electron chi connectivity index (χ4n) is 2.86. The molecule has 0 heterocycles. The average molecular weight is 446 g/mol. The van der Waals surface area contributed by atoms with Crippen LogP contribution in [0.3, 0.4) is 0 Å². The summed E-state index contributed by atoms with van der Waals surface area (Å²) in [6, 6.07) is 23.3. The lowest BCUT2D eigenvalue weighted by molar-refractivity contribution is -0.115. The maximum atomic E-state index is 13.1. The quantitative estimate of drug-likeness (QED) is 0.361. The molecule has 3 aromatic rings. The zero-order chi connectivity index (χ0) is 22.9. The molecular weight excluding hydrogens is 422 g/mol. The standard InChI is InChI=1S/C25H23N3O3S/c1-17-8-5-6-11-19(17)14-22(28-24(30)18-9-3-2-4-10-18)25(31)27-20-12-7-13-21(15-20)32-16-23(26)29/h2-15H,16H2,1H3,(H2,26,29)(H,27,31)(H,28,30)/b22-14-. The highest BCUT2D eigenvalue weighted by Gasteiger charge is 2.15. The molecule has 0 saturated heterocycles. The third kappa shape index (κ3) is 6.58. The van der Waals surface area contributed by atoms with E-state index in [-0.39, 0.29) is 17.4 Å². The van der Waals surface area contributed by atoms with Crippen LogP contribution in [-0.2, 0) is 9.59 Å². The van der Waals surface area contributed by atoms with Crippen molar-refractivity contribution in [1.82, 2.24) is 5.32 Å². The molecule has 3 rings (SSSR count). The molecule has 0 radical (unpaired) electrons. The molecule has 0 unspecified atom stereocenters. The average Bonchev–Trinajstić information content (AvgIpc) is 2.79. The van der Waals surface area contributed by atoms with Crippen LogP contribution in [0.2, 0.25) is 0 Å². The lowest BCUT2D eigenvalue weighted by Gasteiger charge is -2.12. The van der Waals surface area contributed by atoms with Crippen molar-refractivity contribution in [1.29, 1.82) is 0 Å². The van der Waals surface area contributed by atoms with E-state index in [2.05, 4.69) is 10.6 Å². The molecule has 0 atom stereocenters. The van der Waals surface area contributed by atoms with Crippen LogP contribution in [0.15, 0.2) is 89.5 Å². The first-order valence-corrected chi connectivity index (χ1v) is 10.9. The van der Waals surface area contributed by atoms with Crippen LogP contribution in [0.4, 0.5) is 5.69 Å². The molecule has 0 bridgehead atoms. The number of hydrogen-bond acceptors (Lipinski definition) is 4. The molecule has 0 saturated carbocycles. The van der Waals surface area contributed by atoms with Crippen LogP contribution < -0.4 is 16.4 Å². The van der Waals surface area contributed by atoms with Gasteiger partial charge in [0.05, 0.1) is 5.75 Å². The number of primary amides is 1. The number of nitrogens with one attached hydrogen (secondary N) is 2. The van der Waals surface area contributed by atoms with Crippen LogP contribution >= 0.6 is 11.8 Å². The fourth-order valence-corrected chi connectivity index (χ4v) is 3.56. The normalized spacial score (nSPS) is 11.0. The van der Waals surface area contributed by atoms with Gasteiger partial charge < -0.3 is 16.4 Å². The predicted octanol–water partition coefficient (Wildman–Crippen LogP) is 3.98. The first-order chi connectivity index (χ1) is 15.4. The van der Waals surface area contributed by atoms with E-state index in [1.54, 1.807) is 48.5 Å². The number of carbonyl (C=O) groups excluding carboxylic acids is 3. The number of rotatable bonds is 8. The monoisotopic (exact) mass is 445 g/mol. The number of amides is 3. The second-order valence-electron chi connectivity index (χ2n) is 6.97. The van der Waals surface area contributed by atoms with Crippen LogP contribution in [-0.4, -0.2) is 23.5 Å². The number of thioether (sulfide) groups is 1. The summed E-state index contributed by atoms with van der Waals surface area (Å²) in [5, 5.41) is 5.54. The van der Waals surface area contributed by atoms with Crippen LogP contribution in [0, 0.1) is 6.92 Å². The van der Waals surface area contributed by atoms with Gasteiger partial charge in [-0.05, 0) is 54.5 Å². The number of hydrogen-bond donors (Lipinski definition) is 3. The van der Waals surface area contributed by atoms with E-state index in [4.69, 9.17) is 5.73 Å². The predicted molar refractivity (Wildman–Crippen MR) is 128 cm³/mol. The SMILES string of the molecule is Cc1ccccc1/C=C(\NC(=O)c1ccccc1)C(=O)Nc1cccc(SCC(N)=O)c1. The largest absolute Gasteiger partial charge is 0.369 e. The maximum absolute atomic E-state index is 13.1. The Kier molecular flexibility index (Phi) is 7.83. The van der Waals surface area contributed by atoms with Crippen molar-refractivity contribution in [3.8, 4) is 0 Å². The Morgan fingerprint density at radius 1 is 0.938 bits per heavy atom. The first kappa shape index (κ1) is 22.8. The summed E-state index contributed by atoms with van der Waals surface area (Å²) in [6.45, 7) is 1.93. The van der Waals surface area contributed by atoms with E-state index in [1.807, 2.05) is 43.3 Å². The summed E-state index contributed by atoms with van der Waals surface area (Å²) in [5.41, 5.74) is 8.08. The molecule has 7 heteroatoms. The highest BCUT2D eigenvalue weighted by Crippen LogP contribution is 2.22. The molecule has 0 aromatic heterocycles. The minimum absolute atomic E-state index is 0.114. The Hall–Kier alpha value is -3.84. The summed E-state index contributed by atoms with van der Waals surface area (Å²) in [6.07, 6.45) is 1.65. The van der Waals surface area contributed by atoms with Crippen molar-refractivity contribution in [2.24, 2.45) is 5.73 Å². The van der Waals surface area contributed by atoms with E-state index in [0.29, 0.717) is 11.3 Å². The van der Waals surface area contributed by atoms with E-state index in [9.17, 15) is 14.4 Å². The smallest absolute Gasteiger partial charge is 0.272 e. The number of carbonyl (C=O) groups is 3. The zero-order valence-electron chi connectivity index (χ0n) is 17.5. The highest BCUT2D eigenvalue weighted by molar-refractivity contribution is 8.00. The number of anilines is 1. The van der Waals surface area contributed by atoms with Crippen LogP contribution in [0.1, 0.15) is 21.5 Å². The van der Waals surface area contributed by atoms with Gasteiger partial charge in [0, 0.05) is 16.1 Å². The summed E-state index contributed by atoms with van der Waals surface area (Å²) in [4.78, 5) is 37.6. The molecule has 4 N–H and O–H groups in total. The van der Waals surface area contributed by atoms with Gasteiger partial charge in [0.1, 0.15) is 5.70 Å². The molecule has 0 aliphatic heterocycles. The molecule has 3 aromatic carbocycles. The molecule has 0 aliphatic rings. The zero-order valence-corrected chi connectivity index (χ0v) is 18.3. The Labute approximate surface area is 190 Å². The second-order valence-corrected chi connectivity index (χ2v) is 8.02. The molecule has 3 amide bonds. The van der Waals surface area contributed by atoms with Gasteiger partial charge in [-0.3, -0.25) is 14.4 Å². The second kappa shape index (κ2) is 11.0. The molecule has 0 fully saturated rings. The third-order valence-corrected chi connectivity index (χ3v) is 5.51. The summed E-state index contributed by atoms with van der Waals surface area (Å²) in [5.74, 6) is -1.12. The summed E-state index contributed by atoms with van der Waals surface area (Å²) >= 11 is 1.28. The van der Waals surface area contributed by atoms with Crippen molar-refractivity contribution in [2.45, 2.75) is 11.8 Å². The van der Waals surface area contributed by atoms with E-state index in [1.165, 1.54) is 11.8 Å². The molecule has 162 valence electrons. The molecule has 0 aliphatic carbocycles. The van der Waals surface area contributed by atoms with Crippen molar-refractivity contribution in [3.63, 3.8) is 0 Å². The lowest BCUT2D eigenvalue weighted by Crippen LogP contribution is -2.30. The van der Waals surface area contributed by atoms with Crippen molar-refractivity contribution in [2.75, 3.05) is 11.1 Å². The number of benzene rings is 3. The van der Waals surface area contributed by atoms with Gasteiger partial charge in [-0.25, -0.2) is 0 Å². The maximum Gasteiger partial charge on any atom is 0.272 e.